The van der Waals surface area contributed by atoms with Crippen molar-refractivity contribution in [2.24, 2.45) is 0 Å². The van der Waals surface area contributed by atoms with E-state index in [0.717, 1.165) is 37.3 Å². The molecule has 2 aromatic carbocycles. The molecule has 3 heterocycles. The van der Waals surface area contributed by atoms with Gasteiger partial charge in [0, 0.05) is 30.2 Å². The lowest BCUT2D eigenvalue weighted by Gasteiger charge is -2.30. The first kappa shape index (κ1) is 17.0. The standard InChI is InChI=1S/C24H23N3O/c1-17-15-19-8-3-5-11-22(19)27(17)24(28)20-12-13-23(25-16-20)26-14-6-9-18-7-2-4-10-21(18)26/h2-5,7-8,10-13,16-17H,6,9,14-15H2,1H3. The first-order chi connectivity index (χ1) is 13.7. The first-order valence-corrected chi connectivity index (χ1v) is 9.95. The molecule has 1 aromatic heterocycles. The van der Waals surface area contributed by atoms with Gasteiger partial charge in [0.15, 0.2) is 0 Å². The fourth-order valence-electron chi connectivity index (χ4n) is 4.46. The van der Waals surface area contributed by atoms with Gasteiger partial charge in [-0.1, -0.05) is 36.4 Å². The maximum absolute atomic E-state index is 13.2. The molecule has 4 heteroatoms. The topological polar surface area (TPSA) is 36.4 Å². The highest BCUT2D eigenvalue weighted by Crippen LogP contribution is 2.34. The molecule has 3 aromatic rings. The Bertz CT molecular complexity index is 1030. The second kappa shape index (κ2) is 6.79. The van der Waals surface area contributed by atoms with E-state index in [1.165, 1.54) is 16.8 Å². The number of aryl methyl sites for hydroxylation is 1. The van der Waals surface area contributed by atoms with E-state index in [1.807, 2.05) is 35.2 Å². The van der Waals surface area contributed by atoms with Gasteiger partial charge in [0.2, 0.25) is 0 Å². The van der Waals surface area contributed by atoms with Gasteiger partial charge in [-0.2, -0.15) is 0 Å². The highest BCUT2D eigenvalue weighted by molar-refractivity contribution is 6.07. The summed E-state index contributed by atoms with van der Waals surface area (Å²) in [6.07, 6.45) is 4.84. The van der Waals surface area contributed by atoms with E-state index in [4.69, 9.17) is 0 Å². The third-order valence-electron chi connectivity index (χ3n) is 5.81. The largest absolute Gasteiger partial charge is 0.326 e. The molecule has 0 bridgehead atoms. The zero-order valence-corrected chi connectivity index (χ0v) is 16.0. The van der Waals surface area contributed by atoms with Crippen LogP contribution in [0.3, 0.4) is 0 Å². The van der Waals surface area contributed by atoms with E-state index >= 15 is 0 Å². The summed E-state index contributed by atoms with van der Waals surface area (Å²) in [6.45, 7) is 3.05. The van der Waals surface area contributed by atoms with Crippen LogP contribution >= 0.6 is 0 Å². The number of carbonyl (C=O) groups excluding carboxylic acids is 1. The molecule has 0 saturated heterocycles. The number of benzene rings is 2. The average molecular weight is 369 g/mol. The smallest absolute Gasteiger partial charge is 0.260 e. The molecule has 0 saturated carbocycles. The fourth-order valence-corrected chi connectivity index (χ4v) is 4.46. The third kappa shape index (κ3) is 2.76. The van der Waals surface area contributed by atoms with Gasteiger partial charge < -0.3 is 9.80 Å². The van der Waals surface area contributed by atoms with Crippen LogP contribution in [-0.4, -0.2) is 23.5 Å². The van der Waals surface area contributed by atoms with Crippen molar-refractivity contribution in [3.63, 3.8) is 0 Å². The predicted octanol–water partition coefficient (Wildman–Crippen LogP) is 4.76. The fraction of sp³-hybridized carbons (Fsp3) is 0.250. The number of anilines is 3. The zero-order valence-electron chi connectivity index (χ0n) is 16.0. The van der Waals surface area contributed by atoms with Crippen molar-refractivity contribution in [3.05, 3.63) is 83.6 Å². The number of fused-ring (bicyclic) bond motifs is 2. The molecule has 0 fully saturated rings. The minimum absolute atomic E-state index is 0.0237. The summed E-state index contributed by atoms with van der Waals surface area (Å²) in [5, 5.41) is 0. The number of hydrogen-bond donors (Lipinski definition) is 0. The van der Waals surface area contributed by atoms with E-state index in [2.05, 4.69) is 47.1 Å². The van der Waals surface area contributed by atoms with E-state index in [0.29, 0.717) is 5.56 Å². The van der Waals surface area contributed by atoms with Gasteiger partial charge in [-0.25, -0.2) is 4.98 Å². The predicted molar refractivity (Wildman–Crippen MR) is 112 cm³/mol. The number of aromatic nitrogens is 1. The van der Waals surface area contributed by atoms with E-state index in [-0.39, 0.29) is 11.9 Å². The SMILES string of the molecule is CC1Cc2ccccc2N1C(=O)c1ccc(N2CCCc3ccccc32)nc1. The summed E-state index contributed by atoms with van der Waals surface area (Å²) in [5.41, 5.74) is 5.48. The van der Waals surface area contributed by atoms with Crippen molar-refractivity contribution >= 4 is 23.1 Å². The lowest BCUT2D eigenvalue weighted by Crippen LogP contribution is -2.35. The number of amides is 1. The minimum Gasteiger partial charge on any atom is -0.326 e. The molecule has 1 atom stereocenters. The van der Waals surface area contributed by atoms with Crippen LogP contribution in [0, 0.1) is 0 Å². The van der Waals surface area contributed by atoms with Crippen LogP contribution in [0.1, 0.15) is 34.8 Å². The Hall–Kier alpha value is -3.14. The molecule has 1 unspecified atom stereocenters. The van der Waals surface area contributed by atoms with Crippen molar-refractivity contribution in [1.82, 2.24) is 4.98 Å². The van der Waals surface area contributed by atoms with Gasteiger partial charge in [-0.3, -0.25) is 4.79 Å². The number of hydrogen-bond acceptors (Lipinski definition) is 3. The summed E-state index contributed by atoms with van der Waals surface area (Å²) in [7, 11) is 0. The molecular formula is C24H23N3O. The summed E-state index contributed by atoms with van der Waals surface area (Å²) in [5.74, 6) is 0.925. The van der Waals surface area contributed by atoms with Gasteiger partial charge >= 0.3 is 0 Å². The Morgan fingerprint density at radius 3 is 2.50 bits per heavy atom. The molecule has 2 aliphatic heterocycles. The summed E-state index contributed by atoms with van der Waals surface area (Å²) < 4.78 is 0. The highest BCUT2D eigenvalue weighted by Gasteiger charge is 2.31. The molecule has 0 N–H and O–H groups in total. The Balaban J connectivity index is 1.43. The van der Waals surface area contributed by atoms with Gasteiger partial charge in [-0.05, 0) is 61.6 Å². The molecule has 28 heavy (non-hydrogen) atoms. The third-order valence-corrected chi connectivity index (χ3v) is 5.81. The van der Waals surface area contributed by atoms with Crippen molar-refractivity contribution < 1.29 is 4.79 Å². The minimum atomic E-state index is 0.0237. The molecule has 0 spiro atoms. The molecule has 1 amide bonds. The molecule has 0 aliphatic carbocycles. The highest BCUT2D eigenvalue weighted by atomic mass is 16.2. The zero-order chi connectivity index (χ0) is 19.1. The number of para-hydroxylation sites is 2. The van der Waals surface area contributed by atoms with Crippen LogP contribution < -0.4 is 9.80 Å². The maximum atomic E-state index is 13.2. The van der Waals surface area contributed by atoms with Gasteiger partial charge in [0.05, 0.1) is 5.56 Å². The molecule has 140 valence electrons. The van der Waals surface area contributed by atoms with Gasteiger partial charge in [0.1, 0.15) is 5.82 Å². The van der Waals surface area contributed by atoms with Gasteiger partial charge in [-0.15, -0.1) is 0 Å². The first-order valence-electron chi connectivity index (χ1n) is 9.95. The summed E-state index contributed by atoms with van der Waals surface area (Å²) in [6, 6.07) is 20.7. The average Bonchev–Trinajstić information content (AvgIpc) is 3.08. The molecular weight excluding hydrogens is 346 g/mol. The molecule has 0 radical (unpaired) electrons. The van der Waals surface area contributed by atoms with Crippen LogP contribution in [-0.2, 0) is 12.8 Å². The summed E-state index contributed by atoms with van der Waals surface area (Å²) >= 11 is 0. The van der Waals surface area contributed by atoms with Crippen LogP contribution in [0.2, 0.25) is 0 Å². The van der Waals surface area contributed by atoms with Crippen molar-refractivity contribution in [2.45, 2.75) is 32.2 Å². The van der Waals surface area contributed by atoms with Crippen LogP contribution in [0.25, 0.3) is 0 Å². The van der Waals surface area contributed by atoms with E-state index < -0.39 is 0 Å². The Morgan fingerprint density at radius 2 is 1.71 bits per heavy atom. The molecule has 4 nitrogen and oxygen atoms in total. The molecule has 2 aliphatic rings. The number of nitrogens with zero attached hydrogens (tertiary/aromatic N) is 3. The number of rotatable bonds is 2. The maximum Gasteiger partial charge on any atom is 0.260 e. The normalized spacial score (nSPS) is 18.0. The van der Waals surface area contributed by atoms with Crippen molar-refractivity contribution in [3.8, 4) is 0 Å². The quantitative estimate of drug-likeness (QED) is 0.654. The Kier molecular flexibility index (Phi) is 4.12. The lowest BCUT2D eigenvalue weighted by molar-refractivity contribution is 0.0981. The summed E-state index contributed by atoms with van der Waals surface area (Å²) in [4.78, 5) is 22.0. The van der Waals surface area contributed by atoms with Crippen LogP contribution in [0.5, 0.6) is 0 Å². The Labute approximate surface area is 165 Å². The Morgan fingerprint density at radius 1 is 0.964 bits per heavy atom. The van der Waals surface area contributed by atoms with Gasteiger partial charge in [0.25, 0.3) is 5.91 Å². The second-order valence-corrected chi connectivity index (χ2v) is 7.65. The van der Waals surface area contributed by atoms with E-state index in [1.54, 1.807) is 6.20 Å². The van der Waals surface area contributed by atoms with E-state index in [9.17, 15) is 4.79 Å². The van der Waals surface area contributed by atoms with Crippen molar-refractivity contribution in [2.75, 3.05) is 16.3 Å². The second-order valence-electron chi connectivity index (χ2n) is 7.65. The molecule has 5 rings (SSSR count). The number of carbonyl (C=O) groups is 1. The monoisotopic (exact) mass is 369 g/mol. The lowest BCUT2D eigenvalue weighted by atomic mass is 10.0. The van der Waals surface area contributed by atoms with Crippen LogP contribution in [0.15, 0.2) is 66.9 Å². The van der Waals surface area contributed by atoms with Crippen molar-refractivity contribution in [1.29, 1.82) is 0 Å². The number of pyridine rings is 1. The van der Waals surface area contributed by atoms with Crippen LogP contribution in [0.4, 0.5) is 17.2 Å².